The molecule has 0 bridgehead atoms. The van der Waals surface area contributed by atoms with Crippen LogP contribution in [0.1, 0.15) is 31.7 Å². The largest absolute Gasteiger partial charge is 0.250 e. The number of rotatable bonds is 5. The van der Waals surface area contributed by atoms with Gasteiger partial charge >= 0.3 is 0 Å². The van der Waals surface area contributed by atoms with E-state index in [9.17, 15) is 0 Å². The minimum Gasteiger partial charge on any atom is -0.250 e. The van der Waals surface area contributed by atoms with Crippen LogP contribution in [0.2, 0.25) is 0 Å². The van der Waals surface area contributed by atoms with E-state index in [1.54, 1.807) is 11.3 Å². The lowest BCUT2D eigenvalue weighted by atomic mass is 10.1. The van der Waals surface area contributed by atoms with Crippen LogP contribution >= 0.6 is 22.9 Å². The first-order chi connectivity index (χ1) is 6.18. The second kappa shape index (κ2) is 5.61. The number of hydrogen-bond donors (Lipinski definition) is 0. The van der Waals surface area contributed by atoms with Gasteiger partial charge in [-0.15, -0.1) is 22.9 Å². The van der Waals surface area contributed by atoms with Crippen LogP contribution in [0, 0.1) is 5.92 Å². The molecule has 1 nitrogen and oxygen atoms in total. The van der Waals surface area contributed by atoms with Gasteiger partial charge < -0.3 is 0 Å². The van der Waals surface area contributed by atoms with Gasteiger partial charge in [0.25, 0.3) is 0 Å². The molecule has 0 radical (unpaired) electrons. The second-order valence-corrected chi connectivity index (χ2v) is 5.29. The summed E-state index contributed by atoms with van der Waals surface area (Å²) in [6.45, 7) is 4.41. The van der Waals surface area contributed by atoms with Gasteiger partial charge in [0.2, 0.25) is 0 Å². The zero-order valence-corrected chi connectivity index (χ0v) is 9.74. The average molecular weight is 218 g/mol. The van der Waals surface area contributed by atoms with Gasteiger partial charge in [-0.05, 0) is 18.8 Å². The molecule has 0 fully saturated rings. The highest BCUT2D eigenvalue weighted by molar-refractivity contribution is 7.09. The molecule has 1 unspecified atom stereocenters. The molecule has 13 heavy (non-hydrogen) atoms. The number of alkyl halides is 1. The van der Waals surface area contributed by atoms with Crippen LogP contribution in [-0.2, 0) is 6.42 Å². The molecule has 0 aliphatic carbocycles. The van der Waals surface area contributed by atoms with Gasteiger partial charge in [-0.2, -0.15) is 0 Å². The van der Waals surface area contributed by atoms with Crippen molar-refractivity contribution in [3.8, 4) is 0 Å². The van der Waals surface area contributed by atoms with E-state index in [0.717, 1.165) is 19.3 Å². The minimum atomic E-state index is 0.309. The monoisotopic (exact) mass is 217 g/mol. The molecule has 1 aromatic rings. The van der Waals surface area contributed by atoms with Gasteiger partial charge in [0.05, 0.1) is 5.01 Å². The third-order valence-corrected chi connectivity index (χ3v) is 3.12. The van der Waals surface area contributed by atoms with Crippen LogP contribution in [-0.4, -0.2) is 10.4 Å². The minimum absolute atomic E-state index is 0.309. The first kappa shape index (κ1) is 11.0. The number of hydrogen-bond acceptors (Lipinski definition) is 2. The molecular formula is C10H16ClNS. The van der Waals surface area contributed by atoms with Crippen LogP contribution in [0.25, 0.3) is 0 Å². The highest BCUT2D eigenvalue weighted by atomic mass is 35.5. The second-order valence-electron chi connectivity index (χ2n) is 3.69. The van der Waals surface area contributed by atoms with Crippen molar-refractivity contribution in [2.24, 2.45) is 5.92 Å². The van der Waals surface area contributed by atoms with Gasteiger partial charge in [0.1, 0.15) is 0 Å². The molecule has 1 rings (SSSR count). The van der Waals surface area contributed by atoms with Crippen LogP contribution in [0.3, 0.4) is 0 Å². The number of nitrogens with zero attached hydrogens (tertiary/aromatic N) is 1. The summed E-state index contributed by atoms with van der Waals surface area (Å²) in [4.78, 5) is 4.23. The third-order valence-electron chi connectivity index (χ3n) is 1.88. The van der Waals surface area contributed by atoms with Gasteiger partial charge in [0.15, 0.2) is 0 Å². The molecule has 74 valence electrons. The maximum Gasteiger partial charge on any atom is 0.0925 e. The van der Waals surface area contributed by atoms with Crippen LogP contribution in [0.15, 0.2) is 11.6 Å². The lowest BCUT2D eigenvalue weighted by Crippen LogP contribution is -2.04. The maximum absolute atomic E-state index is 6.17. The van der Waals surface area contributed by atoms with Crippen molar-refractivity contribution in [2.75, 3.05) is 0 Å². The van der Waals surface area contributed by atoms with Crippen molar-refractivity contribution in [2.45, 2.75) is 38.5 Å². The predicted molar refractivity (Wildman–Crippen MR) is 59.5 cm³/mol. The van der Waals surface area contributed by atoms with Gasteiger partial charge in [-0.3, -0.25) is 0 Å². The Morgan fingerprint density at radius 3 is 2.85 bits per heavy atom. The van der Waals surface area contributed by atoms with Gasteiger partial charge in [-0.25, -0.2) is 4.98 Å². The van der Waals surface area contributed by atoms with Crippen molar-refractivity contribution in [3.63, 3.8) is 0 Å². The van der Waals surface area contributed by atoms with Crippen molar-refractivity contribution >= 4 is 22.9 Å². The van der Waals surface area contributed by atoms with E-state index in [2.05, 4.69) is 18.8 Å². The molecule has 0 N–H and O–H groups in total. The van der Waals surface area contributed by atoms with Crippen molar-refractivity contribution in [1.82, 2.24) is 4.98 Å². The summed E-state index contributed by atoms with van der Waals surface area (Å²) < 4.78 is 0. The van der Waals surface area contributed by atoms with Crippen LogP contribution in [0.5, 0.6) is 0 Å². The smallest absolute Gasteiger partial charge is 0.0925 e. The Kier molecular flexibility index (Phi) is 4.74. The van der Waals surface area contributed by atoms with E-state index in [-0.39, 0.29) is 0 Å². The number of aromatic nitrogens is 1. The molecule has 0 saturated carbocycles. The fraction of sp³-hybridized carbons (Fsp3) is 0.700. The van der Waals surface area contributed by atoms with E-state index in [4.69, 9.17) is 11.6 Å². The van der Waals surface area contributed by atoms with E-state index >= 15 is 0 Å². The molecule has 0 aromatic carbocycles. The molecule has 1 atom stereocenters. The van der Waals surface area contributed by atoms with E-state index < -0.39 is 0 Å². The summed E-state index contributed by atoms with van der Waals surface area (Å²) in [7, 11) is 0. The zero-order valence-electron chi connectivity index (χ0n) is 8.16. The number of thiazole rings is 1. The van der Waals surface area contributed by atoms with Crippen molar-refractivity contribution in [1.29, 1.82) is 0 Å². The predicted octanol–water partition coefficient (Wildman–Crippen LogP) is 3.73. The molecular weight excluding hydrogens is 202 g/mol. The summed E-state index contributed by atoms with van der Waals surface area (Å²) in [6, 6.07) is 0. The van der Waals surface area contributed by atoms with Crippen LogP contribution < -0.4 is 0 Å². The summed E-state index contributed by atoms with van der Waals surface area (Å²) >= 11 is 7.88. The number of aryl methyl sites for hydroxylation is 1. The Bertz CT molecular complexity index is 221. The molecule has 0 aliphatic heterocycles. The Morgan fingerprint density at radius 2 is 2.31 bits per heavy atom. The first-order valence-electron chi connectivity index (χ1n) is 4.71. The molecule has 0 spiro atoms. The first-order valence-corrected chi connectivity index (χ1v) is 6.02. The quantitative estimate of drug-likeness (QED) is 0.685. The fourth-order valence-electron chi connectivity index (χ4n) is 1.29. The van der Waals surface area contributed by atoms with E-state index in [1.165, 1.54) is 5.01 Å². The Labute approximate surface area is 89.1 Å². The molecule has 0 saturated heterocycles. The Balaban J connectivity index is 2.19. The Hall–Kier alpha value is -0.0800. The van der Waals surface area contributed by atoms with E-state index in [1.807, 2.05) is 11.6 Å². The average Bonchev–Trinajstić information content (AvgIpc) is 2.51. The SMILES string of the molecule is CC(C)CC(Cl)CCc1nccs1. The summed E-state index contributed by atoms with van der Waals surface area (Å²) in [5.41, 5.74) is 0. The number of halogens is 1. The van der Waals surface area contributed by atoms with Crippen LogP contribution in [0.4, 0.5) is 0 Å². The van der Waals surface area contributed by atoms with E-state index in [0.29, 0.717) is 11.3 Å². The lowest BCUT2D eigenvalue weighted by molar-refractivity contribution is 0.544. The topological polar surface area (TPSA) is 12.9 Å². The maximum atomic E-state index is 6.17. The molecule has 3 heteroatoms. The molecule has 1 heterocycles. The summed E-state index contributed by atoms with van der Waals surface area (Å²) in [6.07, 6.45) is 5.03. The molecule has 0 amide bonds. The van der Waals surface area contributed by atoms with Crippen molar-refractivity contribution in [3.05, 3.63) is 16.6 Å². The summed E-state index contributed by atoms with van der Waals surface area (Å²) in [5, 5.41) is 3.53. The molecule has 0 aliphatic rings. The standard InChI is InChI=1S/C10H16ClNS/c1-8(2)7-9(11)3-4-10-12-5-6-13-10/h5-6,8-9H,3-4,7H2,1-2H3. The van der Waals surface area contributed by atoms with Gasteiger partial charge in [-0.1, -0.05) is 13.8 Å². The van der Waals surface area contributed by atoms with Gasteiger partial charge in [0, 0.05) is 23.4 Å². The fourth-order valence-corrected chi connectivity index (χ4v) is 2.39. The lowest BCUT2D eigenvalue weighted by Gasteiger charge is -2.10. The highest BCUT2D eigenvalue weighted by Crippen LogP contribution is 2.17. The highest BCUT2D eigenvalue weighted by Gasteiger charge is 2.07. The molecule has 1 aromatic heterocycles. The Morgan fingerprint density at radius 1 is 1.54 bits per heavy atom. The van der Waals surface area contributed by atoms with Crippen molar-refractivity contribution < 1.29 is 0 Å². The summed E-state index contributed by atoms with van der Waals surface area (Å²) in [5.74, 6) is 0.693. The third kappa shape index (κ3) is 4.63. The zero-order chi connectivity index (χ0) is 9.68. The normalized spacial score (nSPS) is 13.5.